The highest BCUT2D eigenvalue weighted by Gasteiger charge is 2.22. The highest BCUT2D eigenvalue weighted by Crippen LogP contribution is 2.28. The maximum Gasteiger partial charge on any atom is 0.233 e. The lowest BCUT2D eigenvalue weighted by Crippen LogP contribution is -2.33. The fourth-order valence-corrected chi connectivity index (χ4v) is 4.58. The second-order valence-electron chi connectivity index (χ2n) is 7.81. The number of hydrogen-bond acceptors (Lipinski definition) is 5. The summed E-state index contributed by atoms with van der Waals surface area (Å²) in [7, 11) is 0. The minimum Gasteiger partial charge on any atom is -0.372 e. The number of benzene rings is 2. The molecule has 33 heavy (non-hydrogen) atoms. The van der Waals surface area contributed by atoms with Crippen molar-refractivity contribution in [3.8, 4) is 11.4 Å². The van der Waals surface area contributed by atoms with Crippen LogP contribution in [-0.4, -0.2) is 39.0 Å². The lowest BCUT2D eigenvalue weighted by molar-refractivity contribution is -0.120. The molecule has 3 rings (SSSR count). The smallest absolute Gasteiger partial charge is 0.233 e. The van der Waals surface area contributed by atoms with Gasteiger partial charge in [0.05, 0.1) is 11.3 Å². The Morgan fingerprint density at radius 1 is 1.03 bits per heavy atom. The standard InChI is InChI=1S/C25H32FN5OS/c1-6-30(7-2)22-15-11-20(12-16-22)23-28-29-25(31(23)8-3)33-18(5)24(32)27-17(4)19-9-13-21(26)14-10-19/h9-18H,6-8H2,1-5H3,(H,27,32). The van der Waals surface area contributed by atoms with E-state index in [0.717, 1.165) is 30.0 Å². The second kappa shape index (κ2) is 11.3. The molecule has 2 unspecified atom stereocenters. The van der Waals surface area contributed by atoms with Gasteiger partial charge in [-0.1, -0.05) is 23.9 Å². The van der Waals surface area contributed by atoms with E-state index in [9.17, 15) is 9.18 Å². The number of hydrogen-bond donors (Lipinski definition) is 1. The van der Waals surface area contributed by atoms with Crippen LogP contribution in [0.5, 0.6) is 0 Å². The highest BCUT2D eigenvalue weighted by atomic mass is 32.2. The van der Waals surface area contributed by atoms with Gasteiger partial charge < -0.3 is 14.8 Å². The number of carbonyl (C=O) groups is 1. The Balaban J connectivity index is 1.70. The molecule has 1 heterocycles. The van der Waals surface area contributed by atoms with Crippen molar-refractivity contribution in [2.24, 2.45) is 0 Å². The van der Waals surface area contributed by atoms with E-state index in [4.69, 9.17) is 0 Å². The number of amides is 1. The summed E-state index contributed by atoms with van der Waals surface area (Å²) >= 11 is 1.38. The third kappa shape index (κ3) is 5.93. The number of nitrogens with one attached hydrogen (secondary N) is 1. The summed E-state index contributed by atoms with van der Waals surface area (Å²) in [5, 5.41) is 12.1. The zero-order valence-corrected chi connectivity index (χ0v) is 20.7. The van der Waals surface area contributed by atoms with Gasteiger partial charge in [-0.05, 0) is 76.6 Å². The monoisotopic (exact) mass is 469 g/mol. The molecule has 0 saturated heterocycles. The molecule has 0 radical (unpaired) electrons. The van der Waals surface area contributed by atoms with E-state index in [1.165, 1.54) is 29.6 Å². The first-order chi connectivity index (χ1) is 15.9. The maximum atomic E-state index is 13.2. The van der Waals surface area contributed by atoms with Crippen LogP contribution >= 0.6 is 11.8 Å². The minimum absolute atomic E-state index is 0.104. The number of thioether (sulfide) groups is 1. The van der Waals surface area contributed by atoms with Gasteiger partial charge in [0.1, 0.15) is 5.82 Å². The molecule has 0 saturated carbocycles. The van der Waals surface area contributed by atoms with Crippen LogP contribution in [0.25, 0.3) is 11.4 Å². The molecule has 0 aliphatic rings. The fourth-order valence-electron chi connectivity index (χ4n) is 3.66. The van der Waals surface area contributed by atoms with Crippen LogP contribution in [0, 0.1) is 5.82 Å². The molecular formula is C25H32FN5OS. The Labute approximate surface area is 199 Å². The number of carbonyl (C=O) groups excluding carboxylic acids is 1. The highest BCUT2D eigenvalue weighted by molar-refractivity contribution is 8.00. The minimum atomic E-state index is -0.361. The third-order valence-electron chi connectivity index (χ3n) is 5.67. The second-order valence-corrected chi connectivity index (χ2v) is 9.12. The van der Waals surface area contributed by atoms with Gasteiger partial charge in [0, 0.05) is 30.9 Å². The third-order valence-corrected chi connectivity index (χ3v) is 6.75. The van der Waals surface area contributed by atoms with E-state index in [1.807, 2.05) is 25.3 Å². The predicted octanol–water partition coefficient (Wildman–Crippen LogP) is 5.31. The topological polar surface area (TPSA) is 63.1 Å². The Kier molecular flexibility index (Phi) is 8.49. The largest absolute Gasteiger partial charge is 0.372 e. The zero-order chi connectivity index (χ0) is 24.0. The molecule has 1 amide bonds. The molecule has 8 heteroatoms. The van der Waals surface area contributed by atoms with Crippen LogP contribution in [0.2, 0.25) is 0 Å². The lowest BCUT2D eigenvalue weighted by Gasteiger charge is -2.21. The van der Waals surface area contributed by atoms with Crippen LogP contribution in [-0.2, 0) is 11.3 Å². The first-order valence-corrected chi connectivity index (χ1v) is 12.3. The Morgan fingerprint density at radius 2 is 1.67 bits per heavy atom. The lowest BCUT2D eigenvalue weighted by atomic mass is 10.1. The van der Waals surface area contributed by atoms with E-state index in [-0.39, 0.29) is 23.0 Å². The van der Waals surface area contributed by atoms with Gasteiger partial charge in [-0.25, -0.2) is 4.39 Å². The van der Waals surface area contributed by atoms with E-state index >= 15 is 0 Å². The summed E-state index contributed by atoms with van der Waals surface area (Å²) < 4.78 is 15.2. The molecule has 2 atom stereocenters. The molecule has 1 aromatic heterocycles. The first-order valence-electron chi connectivity index (χ1n) is 11.4. The molecule has 0 aliphatic carbocycles. The number of aromatic nitrogens is 3. The van der Waals surface area contributed by atoms with Crippen molar-refractivity contribution >= 4 is 23.4 Å². The first kappa shape index (κ1) is 24.8. The van der Waals surface area contributed by atoms with Crippen LogP contribution in [0.4, 0.5) is 10.1 Å². The maximum absolute atomic E-state index is 13.2. The van der Waals surface area contributed by atoms with Gasteiger partial charge in [0.25, 0.3) is 0 Å². The Morgan fingerprint density at radius 3 is 2.24 bits per heavy atom. The van der Waals surface area contributed by atoms with Crippen LogP contribution in [0.3, 0.4) is 0 Å². The molecule has 0 spiro atoms. The van der Waals surface area contributed by atoms with Crippen molar-refractivity contribution in [3.63, 3.8) is 0 Å². The van der Waals surface area contributed by atoms with E-state index in [0.29, 0.717) is 11.7 Å². The van der Waals surface area contributed by atoms with E-state index < -0.39 is 0 Å². The predicted molar refractivity (Wildman–Crippen MR) is 133 cm³/mol. The molecule has 3 aromatic rings. The van der Waals surface area contributed by atoms with Gasteiger partial charge in [-0.15, -0.1) is 10.2 Å². The summed E-state index contributed by atoms with van der Waals surface area (Å²) in [4.78, 5) is 15.1. The quantitative estimate of drug-likeness (QED) is 0.408. The molecule has 0 bridgehead atoms. The average molecular weight is 470 g/mol. The normalized spacial score (nSPS) is 12.9. The number of halogens is 1. The van der Waals surface area contributed by atoms with Crippen molar-refractivity contribution in [1.82, 2.24) is 20.1 Å². The summed E-state index contributed by atoms with van der Waals surface area (Å²) in [5.41, 5.74) is 3.03. The number of nitrogens with zero attached hydrogens (tertiary/aromatic N) is 4. The molecule has 2 aromatic carbocycles. The zero-order valence-electron chi connectivity index (χ0n) is 19.9. The Bertz CT molecular complexity index is 1050. The average Bonchev–Trinajstić information content (AvgIpc) is 3.23. The molecule has 0 fully saturated rings. The molecule has 176 valence electrons. The molecular weight excluding hydrogens is 437 g/mol. The van der Waals surface area contributed by atoms with E-state index in [2.05, 4.69) is 58.5 Å². The number of anilines is 1. The summed E-state index contributed by atoms with van der Waals surface area (Å²) in [6.07, 6.45) is 0. The van der Waals surface area contributed by atoms with E-state index in [1.54, 1.807) is 12.1 Å². The summed E-state index contributed by atoms with van der Waals surface area (Å²) in [5.74, 6) is 0.393. The van der Waals surface area contributed by atoms with Crippen LogP contribution < -0.4 is 10.2 Å². The Hall–Kier alpha value is -2.87. The van der Waals surface area contributed by atoms with Crippen LogP contribution in [0.15, 0.2) is 53.7 Å². The van der Waals surface area contributed by atoms with Crippen molar-refractivity contribution in [1.29, 1.82) is 0 Å². The number of rotatable bonds is 10. The molecule has 6 nitrogen and oxygen atoms in total. The van der Waals surface area contributed by atoms with Gasteiger partial charge >= 0.3 is 0 Å². The van der Waals surface area contributed by atoms with Gasteiger partial charge in [0.2, 0.25) is 5.91 Å². The molecule has 1 N–H and O–H groups in total. The summed E-state index contributed by atoms with van der Waals surface area (Å²) in [6.45, 7) is 12.7. The van der Waals surface area contributed by atoms with Crippen molar-refractivity contribution < 1.29 is 9.18 Å². The van der Waals surface area contributed by atoms with Gasteiger partial charge in [-0.2, -0.15) is 0 Å². The van der Waals surface area contributed by atoms with Crippen molar-refractivity contribution in [2.75, 3.05) is 18.0 Å². The SMILES string of the molecule is CCN(CC)c1ccc(-c2nnc(SC(C)C(=O)NC(C)c3ccc(F)cc3)n2CC)cc1. The van der Waals surface area contributed by atoms with Crippen molar-refractivity contribution in [3.05, 3.63) is 59.9 Å². The fraction of sp³-hybridized carbons (Fsp3) is 0.400. The van der Waals surface area contributed by atoms with Gasteiger partial charge in [-0.3, -0.25) is 4.79 Å². The van der Waals surface area contributed by atoms with Crippen LogP contribution in [0.1, 0.15) is 46.2 Å². The molecule has 0 aliphatic heterocycles. The van der Waals surface area contributed by atoms with Crippen molar-refractivity contribution in [2.45, 2.75) is 57.6 Å². The van der Waals surface area contributed by atoms with Gasteiger partial charge in [0.15, 0.2) is 11.0 Å². The summed E-state index contributed by atoms with van der Waals surface area (Å²) in [6, 6.07) is 14.3.